The van der Waals surface area contributed by atoms with Crippen LogP contribution in [-0.2, 0) is 11.3 Å². The fourth-order valence-electron chi connectivity index (χ4n) is 4.10. The van der Waals surface area contributed by atoms with Crippen LogP contribution in [-0.4, -0.2) is 60.4 Å². The highest BCUT2D eigenvalue weighted by Gasteiger charge is 2.22. The minimum atomic E-state index is -0.0331. The third-order valence-corrected chi connectivity index (χ3v) is 5.83. The smallest absolute Gasteiger partial charge is 0.224 e. The van der Waals surface area contributed by atoms with Crippen LogP contribution < -0.4 is 9.64 Å². The van der Waals surface area contributed by atoms with E-state index in [4.69, 9.17) is 20.0 Å². The zero-order valence-corrected chi connectivity index (χ0v) is 19.1. The van der Waals surface area contributed by atoms with Crippen molar-refractivity contribution >= 4 is 16.6 Å². The highest BCUT2D eigenvalue weighted by molar-refractivity contribution is 5.82. The SMILES string of the molecule is N#CCCN(CCC#N)c1ccc(CN2CCOC(COc3ncnc4ccccc34)C2)cc1. The number of hydrogen-bond acceptors (Lipinski definition) is 8. The molecule has 34 heavy (non-hydrogen) atoms. The van der Waals surface area contributed by atoms with Crippen LogP contribution in [0.4, 0.5) is 5.69 Å². The molecular formula is C26H28N6O2. The Hall–Kier alpha value is -3.72. The maximum Gasteiger partial charge on any atom is 0.224 e. The summed E-state index contributed by atoms with van der Waals surface area (Å²) in [6, 6.07) is 20.6. The van der Waals surface area contributed by atoms with E-state index in [9.17, 15) is 0 Å². The fraction of sp³-hybridized carbons (Fsp3) is 0.385. The lowest BCUT2D eigenvalue weighted by molar-refractivity contribution is -0.0508. The third kappa shape index (κ3) is 6.20. The number of rotatable bonds is 10. The summed E-state index contributed by atoms with van der Waals surface area (Å²) < 4.78 is 11.9. The highest BCUT2D eigenvalue weighted by atomic mass is 16.5. The molecule has 1 aliphatic heterocycles. The molecule has 0 radical (unpaired) electrons. The highest BCUT2D eigenvalue weighted by Crippen LogP contribution is 2.22. The normalized spacial score (nSPS) is 16.0. The van der Waals surface area contributed by atoms with Gasteiger partial charge in [-0.2, -0.15) is 10.5 Å². The summed E-state index contributed by atoms with van der Waals surface area (Å²) in [6.45, 7) is 4.82. The lowest BCUT2D eigenvalue weighted by Gasteiger charge is -2.33. The first-order chi connectivity index (χ1) is 16.8. The summed E-state index contributed by atoms with van der Waals surface area (Å²) in [4.78, 5) is 13.0. The molecule has 1 fully saturated rings. The average Bonchev–Trinajstić information content (AvgIpc) is 2.88. The molecule has 4 rings (SSSR count). The molecule has 1 aliphatic rings. The van der Waals surface area contributed by atoms with E-state index in [1.165, 1.54) is 11.9 Å². The molecule has 3 aromatic rings. The number of benzene rings is 2. The molecule has 1 atom stereocenters. The van der Waals surface area contributed by atoms with Gasteiger partial charge in [0.1, 0.15) is 19.0 Å². The fourth-order valence-corrected chi connectivity index (χ4v) is 4.10. The molecule has 1 unspecified atom stereocenters. The predicted molar refractivity (Wildman–Crippen MR) is 129 cm³/mol. The average molecular weight is 457 g/mol. The molecule has 0 bridgehead atoms. The van der Waals surface area contributed by atoms with Gasteiger partial charge in [0.25, 0.3) is 0 Å². The van der Waals surface area contributed by atoms with Crippen molar-refractivity contribution in [3.63, 3.8) is 0 Å². The van der Waals surface area contributed by atoms with Crippen molar-refractivity contribution in [2.75, 3.05) is 44.3 Å². The Kier molecular flexibility index (Phi) is 8.23. The second-order valence-corrected chi connectivity index (χ2v) is 8.20. The molecule has 0 aliphatic carbocycles. The first-order valence-corrected chi connectivity index (χ1v) is 11.5. The molecule has 0 N–H and O–H groups in total. The van der Waals surface area contributed by atoms with Gasteiger partial charge in [-0.25, -0.2) is 9.97 Å². The predicted octanol–water partition coefficient (Wildman–Crippen LogP) is 3.54. The summed E-state index contributed by atoms with van der Waals surface area (Å²) in [7, 11) is 0. The Bertz CT molecular complexity index is 1130. The van der Waals surface area contributed by atoms with Crippen LogP contribution in [0.3, 0.4) is 0 Å². The van der Waals surface area contributed by atoms with E-state index < -0.39 is 0 Å². The number of fused-ring (bicyclic) bond motifs is 1. The van der Waals surface area contributed by atoms with Gasteiger partial charge >= 0.3 is 0 Å². The number of ether oxygens (including phenoxy) is 2. The zero-order chi connectivity index (χ0) is 23.6. The van der Waals surface area contributed by atoms with E-state index in [-0.39, 0.29) is 6.10 Å². The van der Waals surface area contributed by atoms with Gasteiger partial charge in [0.05, 0.1) is 42.5 Å². The standard InChI is InChI=1S/C26H28N6O2/c27-11-3-13-32(14-4-12-28)22-9-7-21(8-10-22)17-31-15-16-33-23(18-31)19-34-26-24-5-1-2-6-25(24)29-20-30-26/h1-2,5-10,20,23H,3-4,13-19H2. The number of nitriles is 2. The summed E-state index contributed by atoms with van der Waals surface area (Å²) in [5.74, 6) is 0.583. The Morgan fingerprint density at radius 1 is 1.03 bits per heavy atom. The van der Waals surface area contributed by atoms with Crippen molar-refractivity contribution in [3.8, 4) is 18.0 Å². The molecular weight excluding hydrogens is 428 g/mol. The third-order valence-electron chi connectivity index (χ3n) is 5.83. The molecule has 1 saturated heterocycles. The van der Waals surface area contributed by atoms with E-state index in [0.717, 1.165) is 36.2 Å². The number of anilines is 1. The summed E-state index contributed by atoms with van der Waals surface area (Å²) in [5, 5.41) is 18.7. The van der Waals surface area contributed by atoms with Crippen molar-refractivity contribution in [2.45, 2.75) is 25.5 Å². The number of aromatic nitrogens is 2. The van der Waals surface area contributed by atoms with Crippen molar-refractivity contribution < 1.29 is 9.47 Å². The Labute approximate surface area is 200 Å². The lowest BCUT2D eigenvalue weighted by atomic mass is 10.1. The van der Waals surface area contributed by atoms with Gasteiger partial charge in [-0.15, -0.1) is 0 Å². The Morgan fingerprint density at radius 3 is 2.56 bits per heavy atom. The van der Waals surface area contributed by atoms with Gasteiger partial charge in [0, 0.05) is 38.4 Å². The van der Waals surface area contributed by atoms with Gasteiger partial charge in [-0.1, -0.05) is 24.3 Å². The van der Waals surface area contributed by atoms with Crippen LogP contribution in [0.1, 0.15) is 18.4 Å². The van der Waals surface area contributed by atoms with Crippen molar-refractivity contribution in [1.29, 1.82) is 10.5 Å². The first kappa shape index (κ1) is 23.4. The lowest BCUT2D eigenvalue weighted by Crippen LogP contribution is -2.44. The van der Waals surface area contributed by atoms with E-state index >= 15 is 0 Å². The molecule has 1 aromatic heterocycles. The maximum absolute atomic E-state index is 8.91. The van der Waals surface area contributed by atoms with Gasteiger partial charge < -0.3 is 14.4 Å². The van der Waals surface area contributed by atoms with Crippen molar-refractivity contribution in [1.82, 2.24) is 14.9 Å². The molecule has 0 amide bonds. The number of hydrogen-bond donors (Lipinski definition) is 0. The molecule has 2 aromatic carbocycles. The van der Waals surface area contributed by atoms with Crippen LogP contribution in [0.15, 0.2) is 54.9 Å². The van der Waals surface area contributed by atoms with E-state index in [0.29, 0.717) is 45.0 Å². The summed E-state index contributed by atoms with van der Waals surface area (Å²) >= 11 is 0. The van der Waals surface area contributed by atoms with Crippen LogP contribution >= 0.6 is 0 Å². The summed E-state index contributed by atoms with van der Waals surface area (Å²) in [5.41, 5.74) is 3.12. The van der Waals surface area contributed by atoms with E-state index in [2.05, 4.69) is 56.2 Å². The van der Waals surface area contributed by atoms with Gasteiger partial charge in [0.15, 0.2) is 0 Å². The second-order valence-electron chi connectivity index (χ2n) is 8.20. The quantitative estimate of drug-likeness (QED) is 0.457. The van der Waals surface area contributed by atoms with Crippen LogP contribution in [0.2, 0.25) is 0 Å². The topological polar surface area (TPSA) is 98.3 Å². The van der Waals surface area contributed by atoms with E-state index in [1.54, 1.807) is 0 Å². The van der Waals surface area contributed by atoms with Crippen LogP contribution in [0.25, 0.3) is 10.9 Å². The zero-order valence-electron chi connectivity index (χ0n) is 19.1. The van der Waals surface area contributed by atoms with E-state index in [1.807, 2.05) is 24.3 Å². The molecule has 0 spiro atoms. The van der Waals surface area contributed by atoms with Crippen molar-refractivity contribution in [3.05, 3.63) is 60.4 Å². The van der Waals surface area contributed by atoms with Crippen molar-refractivity contribution in [2.24, 2.45) is 0 Å². The van der Waals surface area contributed by atoms with Crippen LogP contribution in [0.5, 0.6) is 5.88 Å². The largest absolute Gasteiger partial charge is 0.474 e. The number of nitrogens with zero attached hydrogens (tertiary/aromatic N) is 6. The Balaban J connectivity index is 1.32. The van der Waals surface area contributed by atoms with Gasteiger partial charge in [-0.3, -0.25) is 4.90 Å². The maximum atomic E-state index is 8.91. The molecule has 8 heteroatoms. The summed E-state index contributed by atoms with van der Waals surface area (Å²) in [6.07, 6.45) is 2.37. The molecule has 174 valence electrons. The molecule has 0 saturated carbocycles. The second kappa shape index (κ2) is 11.9. The minimum absolute atomic E-state index is 0.0331. The number of morpholine rings is 1. The first-order valence-electron chi connectivity index (χ1n) is 11.5. The molecule has 2 heterocycles. The van der Waals surface area contributed by atoms with Gasteiger partial charge in [0.2, 0.25) is 5.88 Å². The van der Waals surface area contributed by atoms with Gasteiger partial charge in [-0.05, 0) is 29.8 Å². The molecule has 8 nitrogen and oxygen atoms in total. The number of para-hydroxylation sites is 1. The van der Waals surface area contributed by atoms with Crippen LogP contribution in [0, 0.1) is 22.7 Å². The minimum Gasteiger partial charge on any atom is -0.474 e. The monoisotopic (exact) mass is 456 g/mol. The Morgan fingerprint density at radius 2 is 1.79 bits per heavy atom.